The molecule has 1 saturated heterocycles. The van der Waals surface area contributed by atoms with Crippen LogP contribution in [-0.4, -0.2) is 64.1 Å². The predicted molar refractivity (Wildman–Crippen MR) is 61.2 cm³/mol. The Bertz CT molecular complexity index is 156. The first-order valence-corrected chi connectivity index (χ1v) is 5.86. The van der Waals surface area contributed by atoms with Crippen molar-refractivity contribution in [1.29, 1.82) is 0 Å². The van der Waals surface area contributed by atoms with E-state index in [2.05, 4.69) is 17.1 Å². The third-order valence-corrected chi connectivity index (χ3v) is 2.79. The Morgan fingerprint density at radius 3 is 3.07 bits per heavy atom. The van der Waals surface area contributed by atoms with Crippen molar-refractivity contribution >= 4 is 0 Å². The van der Waals surface area contributed by atoms with E-state index in [1.807, 2.05) is 0 Å². The second-order valence-corrected chi connectivity index (χ2v) is 4.06. The lowest BCUT2D eigenvalue weighted by Crippen LogP contribution is -2.44. The van der Waals surface area contributed by atoms with Crippen LogP contribution in [0.2, 0.25) is 0 Å². The molecule has 0 aromatic rings. The summed E-state index contributed by atoms with van der Waals surface area (Å²) in [5.41, 5.74) is 0. The lowest BCUT2D eigenvalue weighted by Gasteiger charge is -2.33. The summed E-state index contributed by atoms with van der Waals surface area (Å²) < 4.78 is 10.4. The van der Waals surface area contributed by atoms with Crippen LogP contribution in [0.5, 0.6) is 0 Å². The number of hydrogen-bond acceptors (Lipinski definition) is 4. The molecule has 1 aliphatic rings. The molecule has 1 unspecified atom stereocenters. The summed E-state index contributed by atoms with van der Waals surface area (Å²) in [6.45, 7) is 9.09. The van der Waals surface area contributed by atoms with Crippen LogP contribution in [0.3, 0.4) is 0 Å². The minimum Gasteiger partial charge on any atom is -0.383 e. The van der Waals surface area contributed by atoms with Crippen molar-refractivity contribution in [3.8, 4) is 0 Å². The number of morpholine rings is 1. The quantitative estimate of drug-likeness (QED) is 0.622. The third kappa shape index (κ3) is 5.47. The average Bonchev–Trinajstić information content (AvgIpc) is 2.25. The molecule has 0 bridgehead atoms. The first kappa shape index (κ1) is 12.9. The number of nitrogens with zero attached hydrogens (tertiary/aromatic N) is 1. The van der Waals surface area contributed by atoms with E-state index in [9.17, 15) is 0 Å². The van der Waals surface area contributed by atoms with E-state index >= 15 is 0 Å². The molecule has 1 heterocycles. The predicted octanol–water partition coefficient (Wildman–Crippen LogP) is 0.333. The maximum absolute atomic E-state index is 5.40. The molecule has 0 radical (unpaired) electrons. The highest BCUT2D eigenvalue weighted by Crippen LogP contribution is 2.05. The van der Waals surface area contributed by atoms with Crippen molar-refractivity contribution in [2.75, 3.05) is 53.1 Å². The van der Waals surface area contributed by atoms with Crippen molar-refractivity contribution < 1.29 is 9.47 Å². The van der Waals surface area contributed by atoms with Gasteiger partial charge in [-0.25, -0.2) is 0 Å². The first-order valence-electron chi connectivity index (χ1n) is 5.86. The van der Waals surface area contributed by atoms with Gasteiger partial charge in [-0.2, -0.15) is 0 Å². The summed E-state index contributed by atoms with van der Waals surface area (Å²) in [6, 6.07) is 0.581. The van der Waals surface area contributed by atoms with Crippen LogP contribution in [0.25, 0.3) is 0 Å². The van der Waals surface area contributed by atoms with Gasteiger partial charge in [0.25, 0.3) is 0 Å². The summed E-state index contributed by atoms with van der Waals surface area (Å²) in [6.07, 6.45) is 1.20. The Kier molecular flexibility index (Phi) is 6.92. The molecule has 1 fully saturated rings. The molecule has 0 spiro atoms. The Labute approximate surface area is 92.9 Å². The maximum atomic E-state index is 5.40. The van der Waals surface area contributed by atoms with Gasteiger partial charge >= 0.3 is 0 Å². The van der Waals surface area contributed by atoms with E-state index in [0.717, 1.165) is 39.5 Å². The van der Waals surface area contributed by atoms with Crippen LogP contribution in [0.1, 0.15) is 13.3 Å². The van der Waals surface area contributed by atoms with Crippen molar-refractivity contribution in [1.82, 2.24) is 10.2 Å². The zero-order chi connectivity index (χ0) is 10.9. The Morgan fingerprint density at radius 1 is 1.47 bits per heavy atom. The zero-order valence-electron chi connectivity index (χ0n) is 10.00. The van der Waals surface area contributed by atoms with Gasteiger partial charge < -0.3 is 14.8 Å². The van der Waals surface area contributed by atoms with Crippen LogP contribution >= 0.6 is 0 Å². The van der Waals surface area contributed by atoms with E-state index < -0.39 is 0 Å². The summed E-state index contributed by atoms with van der Waals surface area (Å²) in [7, 11) is 1.73. The van der Waals surface area contributed by atoms with Gasteiger partial charge in [0.05, 0.1) is 19.8 Å². The van der Waals surface area contributed by atoms with Gasteiger partial charge in [-0.05, 0) is 26.4 Å². The van der Waals surface area contributed by atoms with Crippen molar-refractivity contribution in [2.24, 2.45) is 0 Å². The Balaban J connectivity index is 1.94. The monoisotopic (exact) mass is 216 g/mol. The molecule has 1 aliphatic heterocycles. The molecule has 1 N–H and O–H groups in total. The normalized spacial score (nSPS) is 23.2. The van der Waals surface area contributed by atoms with Crippen LogP contribution in [0.4, 0.5) is 0 Å². The molecule has 0 aromatic heterocycles. The van der Waals surface area contributed by atoms with Gasteiger partial charge in [-0.15, -0.1) is 0 Å². The van der Waals surface area contributed by atoms with Gasteiger partial charge in [-0.3, -0.25) is 4.90 Å². The van der Waals surface area contributed by atoms with Crippen LogP contribution in [-0.2, 0) is 9.47 Å². The summed E-state index contributed by atoms with van der Waals surface area (Å²) >= 11 is 0. The minimum atomic E-state index is 0.581. The fraction of sp³-hybridized carbons (Fsp3) is 1.00. The number of rotatable bonds is 7. The van der Waals surface area contributed by atoms with E-state index in [4.69, 9.17) is 9.47 Å². The van der Waals surface area contributed by atoms with Crippen molar-refractivity contribution in [3.63, 3.8) is 0 Å². The number of methoxy groups -OCH3 is 1. The number of hydrogen-bond donors (Lipinski definition) is 1. The summed E-state index contributed by atoms with van der Waals surface area (Å²) in [4.78, 5) is 2.50. The van der Waals surface area contributed by atoms with Crippen molar-refractivity contribution in [2.45, 2.75) is 19.4 Å². The van der Waals surface area contributed by atoms with E-state index in [1.165, 1.54) is 13.0 Å². The second-order valence-electron chi connectivity index (χ2n) is 4.06. The molecule has 15 heavy (non-hydrogen) atoms. The summed E-state index contributed by atoms with van der Waals surface area (Å²) in [5, 5.41) is 3.36. The SMILES string of the molecule is COCCNCCCN1CCOCC1C. The zero-order valence-corrected chi connectivity index (χ0v) is 10.00. The molecule has 4 heteroatoms. The third-order valence-electron chi connectivity index (χ3n) is 2.79. The molecule has 0 aromatic carbocycles. The number of nitrogens with one attached hydrogen (secondary N) is 1. The minimum absolute atomic E-state index is 0.581. The second kappa shape index (κ2) is 8.05. The molecule has 90 valence electrons. The van der Waals surface area contributed by atoms with Gasteiger partial charge in [-0.1, -0.05) is 0 Å². The Morgan fingerprint density at radius 2 is 2.33 bits per heavy atom. The van der Waals surface area contributed by atoms with Gasteiger partial charge in [0.15, 0.2) is 0 Å². The fourth-order valence-electron chi connectivity index (χ4n) is 1.80. The lowest BCUT2D eigenvalue weighted by molar-refractivity contribution is -0.000612. The van der Waals surface area contributed by atoms with Gasteiger partial charge in [0.2, 0.25) is 0 Å². The van der Waals surface area contributed by atoms with Crippen LogP contribution in [0, 0.1) is 0 Å². The molecular weight excluding hydrogens is 192 g/mol. The molecule has 4 nitrogen and oxygen atoms in total. The highest BCUT2D eigenvalue weighted by molar-refractivity contribution is 4.70. The van der Waals surface area contributed by atoms with E-state index in [0.29, 0.717) is 6.04 Å². The maximum Gasteiger partial charge on any atom is 0.0619 e. The molecule has 0 amide bonds. The largest absolute Gasteiger partial charge is 0.383 e. The molecule has 1 rings (SSSR count). The highest BCUT2D eigenvalue weighted by Gasteiger charge is 2.17. The van der Waals surface area contributed by atoms with E-state index in [-0.39, 0.29) is 0 Å². The van der Waals surface area contributed by atoms with E-state index in [1.54, 1.807) is 7.11 Å². The molecule has 1 atom stereocenters. The van der Waals surface area contributed by atoms with Crippen LogP contribution in [0.15, 0.2) is 0 Å². The van der Waals surface area contributed by atoms with Gasteiger partial charge in [0, 0.05) is 26.2 Å². The Hall–Kier alpha value is -0.160. The van der Waals surface area contributed by atoms with Crippen LogP contribution < -0.4 is 5.32 Å². The standard InChI is InChI=1S/C11H24N2O2/c1-11-10-15-9-7-13(11)6-3-4-12-5-8-14-2/h11-12H,3-10H2,1-2H3. The highest BCUT2D eigenvalue weighted by atomic mass is 16.5. The average molecular weight is 216 g/mol. The number of ether oxygens (including phenoxy) is 2. The fourth-order valence-corrected chi connectivity index (χ4v) is 1.80. The summed E-state index contributed by atoms with van der Waals surface area (Å²) in [5.74, 6) is 0. The molecule has 0 aliphatic carbocycles. The molecule has 0 saturated carbocycles. The smallest absolute Gasteiger partial charge is 0.0619 e. The first-order chi connectivity index (χ1) is 7.34. The topological polar surface area (TPSA) is 33.7 Å². The van der Waals surface area contributed by atoms with Gasteiger partial charge in [0.1, 0.15) is 0 Å². The molecular formula is C11H24N2O2. The van der Waals surface area contributed by atoms with Crippen molar-refractivity contribution in [3.05, 3.63) is 0 Å². The lowest BCUT2D eigenvalue weighted by atomic mass is 10.2.